The number of nitrogens with zero attached hydrogens (tertiary/aromatic N) is 3. The van der Waals surface area contributed by atoms with Crippen LogP contribution in [0.3, 0.4) is 0 Å². The van der Waals surface area contributed by atoms with Crippen LogP contribution in [0.5, 0.6) is 0 Å². The molecule has 1 fully saturated rings. The van der Waals surface area contributed by atoms with Gasteiger partial charge in [0.05, 0.1) is 11.5 Å². The van der Waals surface area contributed by atoms with Gasteiger partial charge in [0, 0.05) is 11.4 Å². The van der Waals surface area contributed by atoms with Crippen LogP contribution >= 0.6 is 23.7 Å². The van der Waals surface area contributed by atoms with Gasteiger partial charge in [-0.05, 0) is 43.6 Å². The number of halogens is 1. The van der Waals surface area contributed by atoms with Gasteiger partial charge in [-0.25, -0.2) is 0 Å². The van der Waals surface area contributed by atoms with Gasteiger partial charge in [0.25, 0.3) is 5.89 Å². The molecule has 5 nitrogen and oxygen atoms in total. The highest BCUT2D eigenvalue weighted by molar-refractivity contribution is 7.15. The zero-order valence-corrected chi connectivity index (χ0v) is 17.5. The summed E-state index contributed by atoms with van der Waals surface area (Å²) in [5, 5.41) is 4.05. The van der Waals surface area contributed by atoms with Crippen molar-refractivity contribution in [1.82, 2.24) is 15.0 Å². The molecule has 28 heavy (non-hydrogen) atoms. The molecular formula is C21H26ClN3O2S. The third kappa shape index (κ3) is 5.88. The fourth-order valence-electron chi connectivity index (χ4n) is 3.34. The first kappa shape index (κ1) is 21.0. The molecule has 0 N–H and O–H groups in total. The van der Waals surface area contributed by atoms with Crippen molar-refractivity contribution in [2.75, 3.05) is 13.1 Å². The summed E-state index contributed by atoms with van der Waals surface area (Å²) in [6.07, 6.45) is 5.36. The van der Waals surface area contributed by atoms with Crippen molar-refractivity contribution < 1.29 is 9.26 Å². The summed E-state index contributed by atoms with van der Waals surface area (Å²) in [5.74, 6) is 1.17. The number of ether oxygens (including phenoxy) is 1. The van der Waals surface area contributed by atoms with Crippen molar-refractivity contribution in [2.45, 2.75) is 45.4 Å². The van der Waals surface area contributed by atoms with Crippen LogP contribution < -0.4 is 0 Å². The molecule has 0 radical (unpaired) electrons. The SMILES string of the molecule is Cl.c1ccc(COCc2noc(-c3ccc(CN4CCCCCC4)s3)n2)cc1. The van der Waals surface area contributed by atoms with Crippen LogP contribution in [0.1, 0.15) is 41.9 Å². The quantitative estimate of drug-likeness (QED) is 0.519. The molecule has 1 saturated heterocycles. The molecule has 2 aromatic heterocycles. The number of benzene rings is 1. The van der Waals surface area contributed by atoms with E-state index in [0.717, 1.165) is 17.0 Å². The van der Waals surface area contributed by atoms with Gasteiger partial charge in [-0.15, -0.1) is 23.7 Å². The molecule has 4 rings (SSSR count). The van der Waals surface area contributed by atoms with E-state index < -0.39 is 0 Å². The van der Waals surface area contributed by atoms with Crippen molar-refractivity contribution in [3.05, 3.63) is 58.7 Å². The van der Waals surface area contributed by atoms with E-state index in [-0.39, 0.29) is 12.4 Å². The van der Waals surface area contributed by atoms with Crippen molar-refractivity contribution in [3.63, 3.8) is 0 Å². The lowest BCUT2D eigenvalue weighted by molar-refractivity contribution is 0.0999. The van der Waals surface area contributed by atoms with Gasteiger partial charge in [-0.2, -0.15) is 4.98 Å². The zero-order valence-electron chi connectivity index (χ0n) is 15.9. The van der Waals surface area contributed by atoms with Crippen LogP contribution in [0.2, 0.25) is 0 Å². The Kier molecular flexibility index (Phi) is 8.03. The highest BCUT2D eigenvalue weighted by atomic mass is 35.5. The van der Waals surface area contributed by atoms with E-state index in [1.165, 1.54) is 43.6 Å². The summed E-state index contributed by atoms with van der Waals surface area (Å²) in [6, 6.07) is 14.4. The molecule has 150 valence electrons. The number of rotatable bonds is 7. The number of likely N-dealkylation sites (tertiary alicyclic amines) is 1. The molecule has 0 spiro atoms. The minimum atomic E-state index is 0. The summed E-state index contributed by atoms with van der Waals surface area (Å²) in [6.45, 7) is 4.33. The fraction of sp³-hybridized carbons (Fsp3) is 0.429. The van der Waals surface area contributed by atoms with Gasteiger partial charge in [-0.1, -0.05) is 48.3 Å². The van der Waals surface area contributed by atoms with Gasteiger partial charge in [0.15, 0.2) is 5.82 Å². The van der Waals surface area contributed by atoms with Gasteiger partial charge >= 0.3 is 0 Å². The lowest BCUT2D eigenvalue weighted by Crippen LogP contribution is -2.23. The smallest absolute Gasteiger partial charge is 0.268 e. The van der Waals surface area contributed by atoms with Crippen molar-refractivity contribution in [2.24, 2.45) is 0 Å². The van der Waals surface area contributed by atoms with E-state index in [1.807, 2.05) is 30.3 Å². The Balaban J connectivity index is 0.00000225. The Morgan fingerprint density at radius 2 is 1.75 bits per heavy atom. The third-order valence-electron chi connectivity index (χ3n) is 4.76. The van der Waals surface area contributed by atoms with Crippen molar-refractivity contribution in [3.8, 4) is 10.8 Å². The average molecular weight is 420 g/mol. The average Bonchev–Trinajstić information content (AvgIpc) is 3.27. The van der Waals surface area contributed by atoms with Crippen LogP contribution in [-0.2, 0) is 24.5 Å². The zero-order chi connectivity index (χ0) is 18.3. The molecule has 0 aliphatic carbocycles. The molecule has 1 aliphatic heterocycles. The molecule has 0 atom stereocenters. The van der Waals surface area contributed by atoms with Crippen LogP contribution in [0.15, 0.2) is 47.0 Å². The molecular weight excluding hydrogens is 394 g/mol. The molecule has 1 aliphatic rings. The minimum Gasteiger partial charge on any atom is -0.369 e. The molecule has 0 amide bonds. The van der Waals surface area contributed by atoms with E-state index in [9.17, 15) is 0 Å². The predicted molar refractivity (Wildman–Crippen MR) is 114 cm³/mol. The lowest BCUT2D eigenvalue weighted by atomic mass is 10.2. The van der Waals surface area contributed by atoms with Gasteiger partial charge in [0.2, 0.25) is 0 Å². The van der Waals surface area contributed by atoms with Crippen molar-refractivity contribution in [1.29, 1.82) is 0 Å². The summed E-state index contributed by atoms with van der Waals surface area (Å²) in [7, 11) is 0. The number of hydrogen-bond donors (Lipinski definition) is 0. The van der Waals surface area contributed by atoms with Crippen molar-refractivity contribution >= 4 is 23.7 Å². The van der Waals surface area contributed by atoms with E-state index in [4.69, 9.17) is 9.26 Å². The summed E-state index contributed by atoms with van der Waals surface area (Å²) >= 11 is 1.74. The lowest BCUT2D eigenvalue weighted by Gasteiger charge is -2.18. The first-order chi connectivity index (χ1) is 13.4. The van der Waals surface area contributed by atoms with Gasteiger partial charge in [-0.3, -0.25) is 4.90 Å². The Bertz CT molecular complexity index is 829. The Hall–Kier alpha value is -1.73. The molecule has 1 aromatic carbocycles. The summed E-state index contributed by atoms with van der Waals surface area (Å²) < 4.78 is 11.1. The second kappa shape index (κ2) is 10.7. The summed E-state index contributed by atoms with van der Waals surface area (Å²) in [5.41, 5.74) is 1.14. The van der Waals surface area contributed by atoms with Crippen LogP contribution in [0.4, 0.5) is 0 Å². The molecule has 0 saturated carbocycles. The Morgan fingerprint density at radius 1 is 0.964 bits per heavy atom. The number of hydrogen-bond acceptors (Lipinski definition) is 6. The van der Waals surface area contributed by atoms with Crippen LogP contribution in [0, 0.1) is 0 Å². The van der Waals surface area contributed by atoms with E-state index >= 15 is 0 Å². The Morgan fingerprint density at radius 3 is 2.54 bits per heavy atom. The van der Waals surface area contributed by atoms with Crippen LogP contribution in [0.25, 0.3) is 10.8 Å². The second-order valence-corrected chi connectivity index (χ2v) is 8.12. The van der Waals surface area contributed by atoms with Gasteiger partial charge < -0.3 is 9.26 Å². The molecule has 0 unspecified atom stereocenters. The maximum absolute atomic E-state index is 5.68. The fourth-order valence-corrected chi connectivity index (χ4v) is 4.31. The second-order valence-electron chi connectivity index (χ2n) is 6.95. The largest absolute Gasteiger partial charge is 0.369 e. The minimum absolute atomic E-state index is 0. The highest BCUT2D eigenvalue weighted by Crippen LogP contribution is 2.28. The maximum Gasteiger partial charge on any atom is 0.268 e. The molecule has 7 heteroatoms. The molecule has 3 heterocycles. The predicted octanol–water partition coefficient (Wildman–Crippen LogP) is 5.31. The van der Waals surface area contributed by atoms with E-state index in [2.05, 4.69) is 27.2 Å². The van der Waals surface area contributed by atoms with Gasteiger partial charge in [0.1, 0.15) is 6.61 Å². The topological polar surface area (TPSA) is 51.4 Å². The van der Waals surface area contributed by atoms with E-state index in [0.29, 0.717) is 24.9 Å². The normalized spacial score (nSPS) is 15.1. The van der Waals surface area contributed by atoms with Crippen LogP contribution in [-0.4, -0.2) is 28.1 Å². The first-order valence-electron chi connectivity index (χ1n) is 9.62. The summed E-state index contributed by atoms with van der Waals surface area (Å²) in [4.78, 5) is 9.42. The number of thiophene rings is 1. The Labute approximate surface area is 176 Å². The monoisotopic (exact) mass is 419 g/mol. The van der Waals surface area contributed by atoms with E-state index in [1.54, 1.807) is 11.3 Å². The third-order valence-corrected chi connectivity index (χ3v) is 5.82. The molecule has 3 aromatic rings. The standard InChI is InChI=1S/C21H25N3O2S.ClH/c1-2-7-13-24(12-6-1)14-18-10-11-19(27-18)21-22-20(23-26-21)16-25-15-17-8-4-3-5-9-17;/h3-5,8-11H,1-2,6-7,12-16H2;1H. The maximum atomic E-state index is 5.68. The highest BCUT2D eigenvalue weighted by Gasteiger charge is 2.14. The first-order valence-corrected chi connectivity index (χ1v) is 10.4. The molecule has 0 bridgehead atoms. The number of aromatic nitrogens is 2.